The van der Waals surface area contributed by atoms with E-state index in [0.717, 1.165) is 0 Å². The van der Waals surface area contributed by atoms with E-state index in [1.54, 1.807) is 13.8 Å². The molecule has 1 aromatic rings. The van der Waals surface area contributed by atoms with Crippen LogP contribution < -0.4 is 4.72 Å². The first-order valence-corrected chi connectivity index (χ1v) is 7.95. The summed E-state index contributed by atoms with van der Waals surface area (Å²) >= 11 is 0. The predicted molar refractivity (Wildman–Crippen MR) is 75.6 cm³/mol. The monoisotopic (exact) mass is 319 g/mol. The molecule has 2 atom stereocenters. The van der Waals surface area contributed by atoms with E-state index in [2.05, 4.69) is 9.46 Å². The quantitative estimate of drug-likeness (QED) is 0.757. The number of aryl methyl sites for hydroxylation is 2. The fourth-order valence-corrected chi connectivity index (χ4v) is 3.66. The van der Waals surface area contributed by atoms with Crippen LogP contribution in [0, 0.1) is 19.8 Å². The Balaban J connectivity index is 3.29. The molecule has 2 unspecified atom stereocenters. The second kappa shape index (κ2) is 6.59. The standard InChI is InChI=1S/C13H21NO6S/c1-7(6-15)8(2)14-21(17,18)12-10(4)20-9(3)11(12)13(16)19-5/h7-8,14-15H,6H2,1-5H3. The Kier molecular flexibility index (Phi) is 5.54. The number of hydrogen-bond acceptors (Lipinski definition) is 6. The molecule has 0 aromatic carbocycles. The number of carbonyl (C=O) groups excluding carboxylic acids is 1. The van der Waals surface area contributed by atoms with Crippen LogP contribution >= 0.6 is 0 Å². The number of aliphatic hydroxyl groups is 1. The summed E-state index contributed by atoms with van der Waals surface area (Å²) in [6.45, 7) is 6.16. The van der Waals surface area contributed by atoms with Crippen molar-refractivity contribution in [2.75, 3.05) is 13.7 Å². The first-order valence-electron chi connectivity index (χ1n) is 6.47. The molecule has 1 heterocycles. The van der Waals surface area contributed by atoms with Crippen molar-refractivity contribution in [3.63, 3.8) is 0 Å². The summed E-state index contributed by atoms with van der Waals surface area (Å²) in [6, 6.07) is -0.500. The Bertz CT molecular complexity index is 619. The maximum atomic E-state index is 12.5. The van der Waals surface area contributed by atoms with E-state index in [4.69, 9.17) is 9.52 Å². The molecule has 7 nitrogen and oxygen atoms in total. The largest absolute Gasteiger partial charge is 0.465 e. The van der Waals surface area contributed by atoms with Crippen LogP contribution in [-0.4, -0.2) is 39.3 Å². The van der Waals surface area contributed by atoms with Gasteiger partial charge in [0.05, 0.1) is 7.11 Å². The van der Waals surface area contributed by atoms with Gasteiger partial charge in [-0.3, -0.25) is 0 Å². The molecule has 0 radical (unpaired) electrons. The molecule has 2 N–H and O–H groups in total. The van der Waals surface area contributed by atoms with Gasteiger partial charge in [0.2, 0.25) is 10.0 Å². The Morgan fingerprint density at radius 1 is 1.33 bits per heavy atom. The Labute approximate surface area is 124 Å². The highest BCUT2D eigenvalue weighted by atomic mass is 32.2. The average molecular weight is 319 g/mol. The molecule has 120 valence electrons. The van der Waals surface area contributed by atoms with Crippen LogP contribution in [-0.2, 0) is 14.8 Å². The highest BCUT2D eigenvalue weighted by Gasteiger charge is 2.33. The molecule has 1 rings (SSSR count). The van der Waals surface area contributed by atoms with Gasteiger partial charge in [-0.05, 0) is 26.7 Å². The summed E-state index contributed by atoms with van der Waals surface area (Å²) in [5.41, 5.74) is -0.105. The molecule has 0 bridgehead atoms. The zero-order valence-corrected chi connectivity index (χ0v) is 13.6. The Morgan fingerprint density at radius 2 is 1.90 bits per heavy atom. The molecule has 0 amide bonds. The minimum absolute atomic E-state index is 0.105. The van der Waals surface area contributed by atoms with Crippen molar-refractivity contribution in [3.05, 3.63) is 17.1 Å². The van der Waals surface area contributed by atoms with Crippen LogP contribution in [0.15, 0.2) is 9.31 Å². The second-order valence-electron chi connectivity index (χ2n) is 4.98. The van der Waals surface area contributed by atoms with Crippen LogP contribution in [0.25, 0.3) is 0 Å². The van der Waals surface area contributed by atoms with Gasteiger partial charge in [0.15, 0.2) is 0 Å². The Hall–Kier alpha value is -1.38. The van der Waals surface area contributed by atoms with Gasteiger partial charge in [-0.1, -0.05) is 6.92 Å². The van der Waals surface area contributed by atoms with Crippen LogP contribution in [0.3, 0.4) is 0 Å². The highest BCUT2D eigenvalue weighted by Crippen LogP contribution is 2.27. The molecule has 0 saturated heterocycles. The number of sulfonamides is 1. The normalized spacial score (nSPS) is 14.8. The van der Waals surface area contributed by atoms with Crippen LogP contribution in [0.4, 0.5) is 0 Å². The van der Waals surface area contributed by atoms with Crippen molar-refractivity contribution in [2.45, 2.75) is 38.6 Å². The predicted octanol–water partition coefficient (Wildman–Crippen LogP) is 0.978. The third kappa shape index (κ3) is 3.63. The number of furan rings is 1. The van der Waals surface area contributed by atoms with Crippen molar-refractivity contribution in [2.24, 2.45) is 5.92 Å². The maximum absolute atomic E-state index is 12.5. The van der Waals surface area contributed by atoms with Crippen molar-refractivity contribution >= 4 is 16.0 Å². The average Bonchev–Trinajstić information content (AvgIpc) is 2.71. The molecular weight excluding hydrogens is 298 g/mol. The van der Waals surface area contributed by atoms with E-state index in [1.165, 1.54) is 21.0 Å². The molecule has 0 aliphatic rings. The van der Waals surface area contributed by atoms with Gasteiger partial charge in [0.1, 0.15) is 22.0 Å². The summed E-state index contributed by atoms with van der Waals surface area (Å²) in [5, 5.41) is 9.08. The number of methoxy groups -OCH3 is 1. The summed E-state index contributed by atoms with van der Waals surface area (Å²) in [6.07, 6.45) is 0. The SMILES string of the molecule is COC(=O)c1c(C)oc(C)c1S(=O)(=O)NC(C)C(C)CO. The van der Waals surface area contributed by atoms with E-state index in [0.29, 0.717) is 0 Å². The second-order valence-corrected chi connectivity index (χ2v) is 6.63. The zero-order valence-electron chi connectivity index (χ0n) is 12.8. The highest BCUT2D eigenvalue weighted by molar-refractivity contribution is 7.89. The first-order chi connectivity index (χ1) is 9.65. The summed E-state index contributed by atoms with van der Waals surface area (Å²) in [7, 11) is -2.79. The van der Waals surface area contributed by atoms with Gasteiger partial charge < -0.3 is 14.3 Å². The van der Waals surface area contributed by atoms with Gasteiger partial charge >= 0.3 is 5.97 Å². The van der Waals surface area contributed by atoms with Gasteiger partial charge in [-0.2, -0.15) is 0 Å². The van der Waals surface area contributed by atoms with Gasteiger partial charge in [-0.25, -0.2) is 17.9 Å². The smallest absolute Gasteiger partial charge is 0.342 e. The molecule has 0 spiro atoms. The third-order valence-corrected chi connectivity index (χ3v) is 5.06. The van der Waals surface area contributed by atoms with Crippen LogP contribution in [0.2, 0.25) is 0 Å². The zero-order chi connectivity index (χ0) is 16.4. The molecule has 1 aromatic heterocycles. The third-order valence-electron chi connectivity index (χ3n) is 3.35. The fourth-order valence-electron chi connectivity index (χ4n) is 1.90. The summed E-state index contributed by atoms with van der Waals surface area (Å²) in [4.78, 5) is 11.6. The molecule has 8 heteroatoms. The number of aliphatic hydroxyl groups excluding tert-OH is 1. The van der Waals surface area contributed by atoms with Gasteiger partial charge in [-0.15, -0.1) is 0 Å². The minimum atomic E-state index is -3.97. The number of carbonyl (C=O) groups is 1. The van der Waals surface area contributed by atoms with Crippen molar-refractivity contribution in [3.8, 4) is 0 Å². The minimum Gasteiger partial charge on any atom is -0.465 e. The lowest BCUT2D eigenvalue weighted by molar-refractivity contribution is 0.0594. The molecule has 21 heavy (non-hydrogen) atoms. The number of esters is 1. The van der Waals surface area contributed by atoms with Crippen LogP contribution in [0.1, 0.15) is 35.7 Å². The lowest BCUT2D eigenvalue weighted by atomic mass is 10.1. The number of ether oxygens (including phenoxy) is 1. The fraction of sp³-hybridized carbons (Fsp3) is 0.615. The van der Waals surface area contributed by atoms with Crippen LogP contribution in [0.5, 0.6) is 0 Å². The van der Waals surface area contributed by atoms with Crippen molar-refractivity contribution in [1.29, 1.82) is 0 Å². The number of hydrogen-bond donors (Lipinski definition) is 2. The van der Waals surface area contributed by atoms with Crippen molar-refractivity contribution in [1.82, 2.24) is 4.72 Å². The van der Waals surface area contributed by atoms with E-state index in [1.807, 2.05) is 0 Å². The van der Waals surface area contributed by atoms with E-state index >= 15 is 0 Å². The number of nitrogens with one attached hydrogen (secondary N) is 1. The van der Waals surface area contributed by atoms with E-state index in [-0.39, 0.29) is 34.5 Å². The summed E-state index contributed by atoms with van der Waals surface area (Å²) in [5.74, 6) is -0.742. The van der Waals surface area contributed by atoms with Gasteiger partial charge in [0.25, 0.3) is 0 Å². The molecular formula is C13H21NO6S. The molecule has 0 saturated carbocycles. The van der Waals surface area contributed by atoms with E-state index in [9.17, 15) is 13.2 Å². The lowest BCUT2D eigenvalue weighted by Crippen LogP contribution is -2.38. The summed E-state index contributed by atoms with van der Waals surface area (Å²) < 4.78 is 37.3. The topological polar surface area (TPSA) is 106 Å². The molecule has 0 aliphatic carbocycles. The number of rotatable bonds is 6. The lowest BCUT2D eigenvalue weighted by Gasteiger charge is -2.19. The molecule has 0 fully saturated rings. The van der Waals surface area contributed by atoms with Crippen molar-refractivity contribution < 1.29 is 27.5 Å². The van der Waals surface area contributed by atoms with E-state index < -0.39 is 22.0 Å². The van der Waals surface area contributed by atoms with Gasteiger partial charge in [0, 0.05) is 12.6 Å². The maximum Gasteiger partial charge on any atom is 0.342 e. The molecule has 0 aliphatic heterocycles. The Morgan fingerprint density at radius 3 is 2.38 bits per heavy atom. The first kappa shape index (κ1) is 17.7.